The highest BCUT2D eigenvalue weighted by atomic mass is 79.9. The zero-order valence-corrected chi connectivity index (χ0v) is 12.7. The van der Waals surface area contributed by atoms with E-state index in [9.17, 15) is 9.59 Å². The van der Waals surface area contributed by atoms with Gasteiger partial charge in [0.05, 0.1) is 20.1 Å². The van der Waals surface area contributed by atoms with E-state index >= 15 is 0 Å². The first kappa shape index (κ1) is 17.4. The van der Waals surface area contributed by atoms with E-state index in [0.717, 1.165) is 18.2 Å². The SMILES string of the molecule is COCCN(CCC(=O)OC)C(=O)CCCCBr. The number of ether oxygens (including phenoxy) is 2. The Balaban J connectivity index is 4.10. The van der Waals surface area contributed by atoms with Gasteiger partial charge in [-0.15, -0.1) is 0 Å². The van der Waals surface area contributed by atoms with Gasteiger partial charge in [-0.25, -0.2) is 0 Å². The third-order valence-corrected chi connectivity index (χ3v) is 3.07. The highest BCUT2D eigenvalue weighted by Crippen LogP contribution is 2.04. The lowest BCUT2D eigenvalue weighted by atomic mass is 10.2. The van der Waals surface area contributed by atoms with Gasteiger partial charge >= 0.3 is 5.97 Å². The molecule has 0 fully saturated rings. The smallest absolute Gasteiger partial charge is 0.307 e. The van der Waals surface area contributed by atoms with Crippen LogP contribution in [-0.2, 0) is 19.1 Å². The van der Waals surface area contributed by atoms with Crippen LogP contribution >= 0.6 is 15.9 Å². The van der Waals surface area contributed by atoms with Gasteiger partial charge in [0.25, 0.3) is 0 Å². The summed E-state index contributed by atoms with van der Waals surface area (Å²) < 4.78 is 9.53. The molecule has 0 aliphatic rings. The molecule has 0 radical (unpaired) electrons. The van der Waals surface area contributed by atoms with Crippen molar-refractivity contribution in [2.45, 2.75) is 25.7 Å². The molecule has 0 rings (SSSR count). The van der Waals surface area contributed by atoms with Crippen molar-refractivity contribution in [1.82, 2.24) is 4.90 Å². The van der Waals surface area contributed by atoms with Crippen molar-refractivity contribution in [3.8, 4) is 0 Å². The van der Waals surface area contributed by atoms with E-state index in [0.29, 0.717) is 26.1 Å². The number of rotatable bonds is 10. The number of amides is 1. The summed E-state index contributed by atoms with van der Waals surface area (Å²) in [5.74, 6) is -0.234. The van der Waals surface area contributed by atoms with Gasteiger partial charge in [0, 0.05) is 32.0 Å². The summed E-state index contributed by atoms with van der Waals surface area (Å²) in [6.45, 7) is 1.38. The molecule has 0 unspecified atom stereocenters. The molecule has 0 aliphatic carbocycles. The van der Waals surface area contributed by atoms with Gasteiger partial charge in [-0.1, -0.05) is 15.9 Å². The highest BCUT2D eigenvalue weighted by Gasteiger charge is 2.14. The minimum absolute atomic E-state index is 0.0666. The number of carbonyl (C=O) groups is 2. The Bertz CT molecular complexity index is 248. The number of halogens is 1. The van der Waals surface area contributed by atoms with E-state index in [1.54, 1.807) is 12.0 Å². The van der Waals surface area contributed by atoms with Gasteiger partial charge in [0.1, 0.15) is 0 Å². The molecular weight excluding hydrogens is 302 g/mol. The summed E-state index contributed by atoms with van der Waals surface area (Å²) in [5, 5.41) is 0.903. The Morgan fingerprint density at radius 1 is 1.11 bits per heavy atom. The lowest BCUT2D eigenvalue weighted by Gasteiger charge is -2.21. The van der Waals surface area contributed by atoms with Crippen LogP contribution in [0, 0.1) is 0 Å². The summed E-state index contributed by atoms with van der Waals surface area (Å²) in [6, 6.07) is 0. The van der Waals surface area contributed by atoms with Crippen LogP contribution in [0.1, 0.15) is 25.7 Å². The van der Waals surface area contributed by atoms with Gasteiger partial charge in [0.2, 0.25) is 5.91 Å². The van der Waals surface area contributed by atoms with Crippen LogP contribution in [0.3, 0.4) is 0 Å². The van der Waals surface area contributed by atoms with Gasteiger partial charge in [-0.3, -0.25) is 9.59 Å². The largest absolute Gasteiger partial charge is 0.469 e. The first-order valence-corrected chi connectivity index (χ1v) is 7.17. The minimum atomic E-state index is -0.300. The highest BCUT2D eigenvalue weighted by molar-refractivity contribution is 9.09. The van der Waals surface area contributed by atoms with Gasteiger partial charge < -0.3 is 14.4 Å². The third-order valence-electron chi connectivity index (χ3n) is 2.51. The van der Waals surface area contributed by atoms with Crippen molar-refractivity contribution in [3.63, 3.8) is 0 Å². The Morgan fingerprint density at radius 3 is 2.39 bits per heavy atom. The Kier molecular flexibility index (Phi) is 11.1. The molecule has 0 saturated carbocycles. The standard InChI is InChI=1S/C12H22BrNO4/c1-17-10-9-14(8-6-12(16)18-2)11(15)5-3-4-7-13/h3-10H2,1-2H3. The number of methoxy groups -OCH3 is 2. The van der Waals surface area contributed by atoms with Crippen molar-refractivity contribution in [1.29, 1.82) is 0 Å². The van der Waals surface area contributed by atoms with E-state index < -0.39 is 0 Å². The van der Waals surface area contributed by atoms with Crippen LogP contribution in [-0.4, -0.2) is 56.0 Å². The van der Waals surface area contributed by atoms with Crippen molar-refractivity contribution < 1.29 is 19.1 Å². The number of hydrogen-bond donors (Lipinski definition) is 0. The number of alkyl halides is 1. The van der Waals surface area contributed by atoms with Crippen LogP contribution < -0.4 is 0 Å². The van der Waals surface area contributed by atoms with Crippen LogP contribution in [0.2, 0.25) is 0 Å². The molecule has 5 nitrogen and oxygen atoms in total. The first-order chi connectivity index (χ1) is 8.65. The van der Waals surface area contributed by atoms with Crippen LogP contribution in [0.5, 0.6) is 0 Å². The molecule has 0 aliphatic heterocycles. The number of carbonyl (C=O) groups excluding carboxylic acids is 2. The number of esters is 1. The average molecular weight is 324 g/mol. The van der Waals surface area contributed by atoms with Crippen molar-refractivity contribution in [2.75, 3.05) is 39.2 Å². The molecule has 106 valence electrons. The molecule has 0 aromatic rings. The second-order valence-corrected chi connectivity index (χ2v) is 4.64. The van der Waals surface area contributed by atoms with Crippen LogP contribution in [0.4, 0.5) is 0 Å². The van der Waals surface area contributed by atoms with Gasteiger partial charge in [-0.2, -0.15) is 0 Å². The molecule has 0 aromatic carbocycles. The number of nitrogens with zero attached hydrogens (tertiary/aromatic N) is 1. The summed E-state index contributed by atoms with van der Waals surface area (Å²) in [4.78, 5) is 24.7. The van der Waals surface area contributed by atoms with Gasteiger partial charge in [0.15, 0.2) is 0 Å². The summed E-state index contributed by atoms with van der Waals surface area (Å²) in [7, 11) is 2.94. The predicted octanol–water partition coefficient (Wildman–Crippen LogP) is 1.59. The van der Waals surface area contributed by atoms with E-state index in [-0.39, 0.29) is 18.3 Å². The van der Waals surface area contributed by atoms with E-state index in [1.807, 2.05) is 0 Å². The molecule has 6 heteroatoms. The molecule has 0 spiro atoms. The maximum absolute atomic E-state index is 11.9. The maximum atomic E-state index is 11.9. The predicted molar refractivity (Wildman–Crippen MR) is 72.7 cm³/mol. The van der Waals surface area contributed by atoms with Crippen molar-refractivity contribution in [2.24, 2.45) is 0 Å². The Labute approximate surface area is 117 Å². The van der Waals surface area contributed by atoms with Crippen LogP contribution in [0.15, 0.2) is 0 Å². The molecule has 0 N–H and O–H groups in total. The molecular formula is C12H22BrNO4. The molecule has 0 aromatic heterocycles. The zero-order valence-electron chi connectivity index (χ0n) is 11.1. The quantitative estimate of drug-likeness (QED) is 0.348. The first-order valence-electron chi connectivity index (χ1n) is 6.05. The van der Waals surface area contributed by atoms with E-state index in [2.05, 4.69) is 20.7 Å². The minimum Gasteiger partial charge on any atom is -0.469 e. The molecule has 0 atom stereocenters. The normalized spacial score (nSPS) is 10.2. The third kappa shape index (κ3) is 8.47. The van der Waals surface area contributed by atoms with E-state index in [1.165, 1.54) is 7.11 Å². The molecule has 0 heterocycles. The summed E-state index contributed by atoms with van der Waals surface area (Å²) in [6.07, 6.45) is 2.56. The fourth-order valence-electron chi connectivity index (χ4n) is 1.42. The fraction of sp³-hybridized carbons (Fsp3) is 0.833. The van der Waals surface area contributed by atoms with Crippen molar-refractivity contribution in [3.05, 3.63) is 0 Å². The summed E-state index contributed by atoms with van der Waals surface area (Å²) in [5.41, 5.74) is 0. The topological polar surface area (TPSA) is 55.8 Å². The fourth-order valence-corrected chi connectivity index (χ4v) is 1.82. The lowest BCUT2D eigenvalue weighted by molar-refractivity contribution is -0.142. The average Bonchev–Trinajstić information content (AvgIpc) is 2.38. The second kappa shape index (κ2) is 11.5. The van der Waals surface area contributed by atoms with Crippen LogP contribution in [0.25, 0.3) is 0 Å². The van der Waals surface area contributed by atoms with E-state index in [4.69, 9.17) is 4.74 Å². The number of unbranched alkanes of at least 4 members (excludes halogenated alkanes) is 1. The molecule has 0 bridgehead atoms. The molecule has 18 heavy (non-hydrogen) atoms. The molecule has 1 amide bonds. The number of hydrogen-bond acceptors (Lipinski definition) is 4. The second-order valence-electron chi connectivity index (χ2n) is 3.85. The van der Waals surface area contributed by atoms with Crippen molar-refractivity contribution >= 4 is 27.8 Å². The summed E-state index contributed by atoms with van der Waals surface area (Å²) >= 11 is 3.33. The zero-order chi connectivity index (χ0) is 13.8. The Morgan fingerprint density at radius 2 is 1.83 bits per heavy atom. The monoisotopic (exact) mass is 323 g/mol. The molecule has 0 saturated heterocycles. The maximum Gasteiger partial charge on any atom is 0.307 e. The lowest BCUT2D eigenvalue weighted by Crippen LogP contribution is -2.35. The Hall–Kier alpha value is -0.620. The van der Waals surface area contributed by atoms with Gasteiger partial charge in [-0.05, 0) is 12.8 Å².